The minimum Gasteiger partial charge on any atom is -0.227 e. The first-order chi connectivity index (χ1) is 30.3. The van der Waals surface area contributed by atoms with Gasteiger partial charge in [0.05, 0.1) is 5.69 Å². The number of hydrogen-bond acceptors (Lipinski definition) is 3. The first-order valence-corrected chi connectivity index (χ1v) is 21.5. The first kappa shape index (κ1) is 36.4. The minimum absolute atomic E-state index is 0.721. The van der Waals surface area contributed by atoms with E-state index in [1.54, 1.807) is 11.3 Å². The molecule has 0 amide bonds. The van der Waals surface area contributed by atoms with Crippen molar-refractivity contribution in [3.8, 4) is 89.4 Å². The summed E-state index contributed by atoms with van der Waals surface area (Å²) in [5.74, 6) is 0.721. The standard InChI is InChI=1S/C58H38N2S/c1-6-20-39(21-7-1)49-38-50(53(41-24-10-3-11-25-41)54(42-26-12-4-13-27-42)52(49)40-22-8-2-9-23-40)46-32-18-30-44(36-46)45-31-19-33-47(37-45)57-59-56(43-28-14-5-15-29-43)55-48-34-16-17-35-51(48)61-58(55)60-57/h1-38H. The van der Waals surface area contributed by atoms with E-state index in [2.05, 4.69) is 231 Å². The van der Waals surface area contributed by atoms with Crippen LogP contribution in [0.1, 0.15) is 0 Å². The lowest BCUT2D eigenvalue weighted by Gasteiger charge is -2.24. The first-order valence-electron chi connectivity index (χ1n) is 20.7. The number of nitrogens with zero attached hydrogens (tertiary/aromatic N) is 2. The second kappa shape index (κ2) is 15.8. The van der Waals surface area contributed by atoms with Crippen LogP contribution in [0.3, 0.4) is 0 Å². The molecular weight excluding hydrogens is 757 g/mol. The maximum atomic E-state index is 5.31. The fourth-order valence-corrected chi connectivity index (χ4v) is 9.80. The van der Waals surface area contributed by atoms with Crippen LogP contribution >= 0.6 is 11.3 Å². The van der Waals surface area contributed by atoms with Crippen molar-refractivity contribution in [2.75, 3.05) is 0 Å². The monoisotopic (exact) mass is 794 g/mol. The lowest BCUT2D eigenvalue weighted by Crippen LogP contribution is -1.98. The summed E-state index contributed by atoms with van der Waals surface area (Å²) in [6.45, 7) is 0. The molecule has 0 aliphatic carbocycles. The molecule has 2 aromatic heterocycles. The van der Waals surface area contributed by atoms with E-state index in [1.807, 2.05) is 0 Å². The van der Waals surface area contributed by atoms with Gasteiger partial charge in [-0.15, -0.1) is 11.3 Å². The zero-order chi connectivity index (χ0) is 40.5. The number of hydrogen-bond donors (Lipinski definition) is 0. The van der Waals surface area contributed by atoms with E-state index in [4.69, 9.17) is 9.97 Å². The second-order valence-corrected chi connectivity index (χ2v) is 16.3. The van der Waals surface area contributed by atoms with Gasteiger partial charge in [-0.1, -0.05) is 206 Å². The van der Waals surface area contributed by atoms with Crippen LogP contribution in [-0.2, 0) is 0 Å². The fourth-order valence-electron chi connectivity index (χ4n) is 8.72. The van der Waals surface area contributed by atoms with Gasteiger partial charge in [-0.2, -0.15) is 0 Å². The van der Waals surface area contributed by atoms with Crippen molar-refractivity contribution in [1.29, 1.82) is 0 Å². The summed E-state index contributed by atoms with van der Waals surface area (Å²) >= 11 is 1.73. The van der Waals surface area contributed by atoms with E-state index in [9.17, 15) is 0 Å². The van der Waals surface area contributed by atoms with Crippen LogP contribution in [0, 0.1) is 0 Å². The summed E-state index contributed by atoms with van der Waals surface area (Å²) < 4.78 is 1.21. The number of thiophene rings is 1. The quantitative estimate of drug-likeness (QED) is 0.153. The predicted molar refractivity (Wildman–Crippen MR) is 258 cm³/mol. The third kappa shape index (κ3) is 6.81. The Kier molecular flexibility index (Phi) is 9.42. The molecule has 0 spiro atoms. The molecule has 11 aromatic rings. The molecule has 11 rings (SSSR count). The fraction of sp³-hybridized carbons (Fsp3) is 0. The van der Waals surface area contributed by atoms with E-state index in [1.165, 1.54) is 60.2 Å². The average Bonchev–Trinajstić information content (AvgIpc) is 3.73. The summed E-state index contributed by atoms with van der Waals surface area (Å²) in [6.07, 6.45) is 0. The highest BCUT2D eigenvalue weighted by atomic mass is 32.1. The van der Waals surface area contributed by atoms with Crippen molar-refractivity contribution in [2.24, 2.45) is 0 Å². The molecule has 9 aromatic carbocycles. The highest BCUT2D eigenvalue weighted by Gasteiger charge is 2.24. The third-order valence-corrected chi connectivity index (χ3v) is 12.6. The van der Waals surface area contributed by atoms with Gasteiger partial charge in [-0.3, -0.25) is 0 Å². The number of fused-ring (bicyclic) bond motifs is 3. The van der Waals surface area contributed by atoms with Gasteiger partial charge in [0.25, 0.3) is 0 Å². The molecule has 0 aliphatic heterocycles. The van der Waals surface area contributed by atoms with Crippen LogP contribution in [0.25, 0.3) is 110 Å². The third-order valence-electron chi connectivity index (χ3n) is 11.5. The van der Waals surface area contributed by atoms with Crippen LogP contribution in [0.5, 0.6) is 0 Å². The van der Waals surface area contributed by atoms with Crippen molar-refractivity contribution in [1.82, 2.24) is 9.97 Å². The summed E-state index contributed by atoms with van der Waals surface area (Å²) in [4.78, 5) is 11.5. The molecule has 2 nitrogen and oxygen atoms in total. The number of benzene rings is 9. The molecule has 2 heterocycles. The molecule has 0 saturated carbocycles. The average molecular weight is 795 g/mol. The van der Waals surface area contributed by atoms with Gasteiger partial charge in [0.1, 0.15) is 4.83 Å². The van der Waals surface area contributed by atoms with Gasteiger partial charge in [-0.05, 0) is 91.0 Å². The summed E-state index contributed by atoms with van der Waals surface area (Å²) in [5.41, 5.74) is 17.1. The van der Waals surface area contributed by atoms with Gasteiger partial charge in [0.15, 0.2) is 5.82 Å². The maximum absolute atomic E-state index is 5.31. The molecule has 0 aliphatic rings. The Morgan fingerprint density at radius 3 is 1.31 bits per heavy atom. The molecule has 0 fully saturated rings. The van der Waals surface area contributed by atoms with Crippen molar-refractivity contribution >= 4 is 31.6 Å². The normalized spacial score (nSPS) is 11.3. The molecule has 0 unspecified atom stereocenters. The van der Waals surface area contributed by atoms with E-state index in [-0.39, 0.29) is 0 Å². The molecule has 0 saturated heterocycles. The van der Waals surface area contributed by atoms with Gasteiger partial charge < -0.3 is 0 Å². The molecule has 0 radical (unpaired) electrons. The van der Waals surface area contributed by atoms with E-state index >= 15 is 0 Å². The zero-order valence-corrected chi connectivity index (χ0v) is 34.1. The van der Waals surface area contributed by atoms with Gasteiger partial charge >= 0.3 is 0 Å². The highest BCUT2D eigenvalue weighted by Crippen LogP contribution is 2.50. The topological polar surface area (TPSA) is 25.8 Å². The van der Waals surface area contributed by atoms with E-state index in [0.29, 0.717) is 0 Å². The highest BCUT2D eigenvalue weighted by molar-refractivity contribution is 7.25. The SMILES string of the molecule is c1ccc(-c2cc(-c3cccc(-c4cccc(-c5nc(-c6ccccc6)c6c(n5)sc5ccccc56)c4)c3)c(-c3ccccc3)c(-c3ccccc3)c2-c2ccccc2)cc1. The predicted octanol–water partition coefficient (Wildman–Crippen LogP) is 16.2. The largest absolute Gasteiger partial charge is 0.227 e. The molecule has 0 N–H and O–H groups in total. The Morgan fingerprint density at radius 2 is 0.721 bits per heavy atom. The minimum atomic E-state index is 0.721. The van der Waals surface area contributed by atoms with Crippen LogP contribution in [0.4, 0.5) is 0 Å². The van der Waals surface area contributed by atoms with Crippen LogP contribution in [-0.4, -0.2) is 9.97 Å². The summed E-state index contributed by atoms with van der Waals surface area (Å²) in [7, 11) is 0. The number of rotatable bonds is 8. The van der Waals surface area contributed by atoms with Crippen LogP contribution in [0.2, 0.25) is 0 Å². The van der Waals surface area contributed by atoms with E-state index in [0.717, 1.165) is 49.6 Å². The van der Waals surface area contributed by atoms with Gasteiger partial charge in [0, 0.05) is 26.6 Å². The molecule has 286 valence electrons. The van der Waals surface area contributed by atoms with Crippen LogP contribution in [0.15, 0.2) is 231 Å². The summed E-state index contributed by atoms with van der Waals surface area (Å²) in [6, 6.07) is 82.6. The summed E-state index contributed by atoms with van der Waals surface area (Å²) in [5, 5.41) is 2.30. The Morgan fingerprint density at radius 1 is 0.295 bits per heavy atom. The lowest BCUT2D eigenvalue weighted by atomic mass is 9.78. The zero-order valence-electron chi connectivity index (χ0n) is 33.2. The molecular formula is C58H38N2S. The Bertz CT molecular complexity index is 3320. The van der Waals surface area contributed by atoms with Crippen LogP contribution < -0.4 is 0 Å². The number of aromatic nitrogens is 2. The smallest absolute Gasteiger partial charge is 0.161 e. The molecule has 61 heavy (non-hydrogen) atoms. The lowest BCUT2D eigenvalue weighted by molar-refractivity contribution is 1.24. The van der Waals surface area contributed by atoms with Crippen molar-refractivity contribution < 1.29 is 0 Å². The van der Waals surface area contributed by atoms with E-state index < -0.39 is 0 Å². The Labute approximate surface area is 359 Å². The molecule has 3 heteroatoms. The molecule has 0 bridgehead atoms. The second-order valence-electron chi connectivity index (χ2n) is 15.3. The van der Waals surface area contributed by atoms with Gasteiger partial charge in [-0.25, -0.2) is 9.97 Å². The van der Waals surface area contributed by atoms with Crippen molar-refractivity contribution in [3.05, 3.63) is 231 Å². The van der Waals surface area contributed by atoms with Crippen molar-refractivity contribution in [3.63, 3.8) is 0 Å². The van der Waals surface area contributed by atoms with Crippen molar-refractivity contribution in [2.45, 2.75) is 0 Å². The Hall–Kier alpha value is -7.72. The molecule has 0 atom stereocenters. The van der Waals surface area contributed by atoms with Gasteiger partial charge in [0.2, 0.25) is 0 Å². The maximum Gasteiger partial charge on any atom is 0.161 e. The Balaban J connectivity index is 1.12.